The van der Waals surface area contributed by atoms with Crippen molar-refractivity contribution in [3.8, 4) is 0 Å². The summed E-state index contributed by atoms with van der Waals surface area (Å²) in [6.45, 7) is 0.0289. The van der Waals surface area contributed by atoms with Gasteiger partial charge >= 0.3 is 18.1 Å². The fraction of sp³-hybridized carbons (Fsp3) is 0.238. The molecule has 4 N–H and O–H groups in total. The molecule has 2 aromatic rings. The maximum atomic E-state index is 12.2. The largest absolute Gasteiger partial charge is 0.490 e. The lowest BCUT2D eigenvalue weighted by molar-refractivity contribution is -0.192. The first kappa shape index (κ1) is 24.9. The van der Waals surface area contributed by atoms with Crippen molar-refractivity contribution in [2.75, 3.05) is 17.6 Å². The van der Waals surface area contributed by atoms with Gasteiger partial charge < -0.3 is 20.8 Å². The molecule has 2 atom stereocenters. The number of carbonyl (C=O) groups is 4. The van der Waals surface area contributed by atoms with Crippen molar-refractivity contribution >= 4 is 52.0 Å². The van der Waals surface area contributed by atoms with Gasteiger partial charge in [-0.1, -0.05) is 30.3 Å². The van der Waals surface area contributed by atoms with Crippen molar-refractivity contribution in [1.82, 2.24) is 10.2 Å². The summed E-state index contributed by atoms with van der Waals surface area (Å²) in [7, 11) is 0. The molecule has 13 heteroatoms. The van der Waals surface area contributed by atoms with Gasteiger partial charge in [-0.25, -0.2) is 9.59 Å². The van der Waals surface area contributed by atoms with Crippen LogP contribution in [0.4, 0.5) is 18.9 Å². The summed E-state index contributed by atoms with van der Waals surface area (Å²) in [5, 5.41) is 23.9. The average Bonchev–Trinajstić information content (AvgIpc) is 2.80. The van der Waals surface area contributed by atoms with E-state index in [0.717, 1.165) is 16.5 Å². The zero-order valence-corrected chi connectivity index (χ0v) is 18.0. The zero-order chi connectivity index (χ0) is 25.0. The fourth-order valence-electron chi connectivity index (χ4n) is 3.24. The molecule has 34 heavy (non-hydrogen) atoms. The molecule has 1 unspecified atom stereocenters. The van der Waals surface area contributed by atoms with Crippen LogP contribution >= 0.6 is 11.8 Å². The van der Waals surface area contributed by atoms with Crippen LogP contribution in [0, 0.1) is 0 Å². The molecule has 2 amide bonds. The number of nitrogens with zero attached hydrogens (tertiary/aromatic N) is 1. The van der Waals surface area contributed by atoms with E-state index in [2.05, 4.69) is 10.6 Å². The van der Waals surface area contributed by atoms with E-state index in [4.69, 9.17) is 15.0 Å². The SMILES string of the molecule is O=C(CNc1ccc2ccccc2c1)NC1C(=O)N2C(C(=O)O)=CCS[C@@H]12.O=C(O)C(F)(F)F. The third-order valence-corrected chi connectivity index (χ3v) is 6.01. The van der Waals surface area contributed by atoms with Crippen LogP contribution in [0.25, 0.3) is 10.8 Å². The monoisotopic (exact) mass is 497 g/mol. The van der Waals surface area contributed by atoms with Crippen LogP contribution in [0.2, 0.25) is 0 Å². The molecular weight excluding hydrogens is 479 g/mol. The highest BCUT2D eigenvalue weighted by molar-refractivity contribution is 8.00. The molecule has 180 valence electrons. The predicted octanol–water partition coefficient (Wildman–Crippen LogP) is 2.25. The first-order chi connectivity index (χ1) is 16.0. The van der Waals surface area contributed by atoms with E-state index in [1.54, 1.807) is 0 Å². The molecule has 0 aliphatic carbocycles. The molecule has 0 spiro atoms. The molecular formula is C21H18F3N3O6S. The number of alkyl halides is 3. The van der Waals surface area contributed by atoms with Gasteiger partial charge in [-0.3, -0.25) is 14.5 Å². The highest BCUT2D eigenvalue weighted by atomic mass is 32.2. The zero-order valence-electron chi connectivity index (χ0n) is 17.2. The van der Waals surface area contributed by atoms with Crippen LogP contribution in [-0.4, -0.2) is 68.8 Å². The molecule has 0 radical (unpaired) electrons. The second-order valence-electron chi connectivity index (χ2n) is 7.09. The molecule has 2 aromatic carbocycles. The summed E-state index contributed by atoms with van der Waals surface area (Å²) in [6, 6.07) is 13.1. The van der Waals surface area contributed by atoms with E-state index < -0.39 is 24.2 Å². The number of nitrogens with one attached hydrogen (secondary N) is 2. The standard InChI is InChI=1S/C19H17N3O4S.C2HF3O2/c23-15(10-20-13-6-5-11-3-1-2-4-12(11)9-13)21-16-17(24)22-14(19(25)26)7-8-27-18(16)22;3-2(4,5)1(6)7/h1-7,9,16,18,20H,8,10H2,(H,21,23)(H,25,26);(H,6,7)/t16?,18-;/m0./s1. The van der Waals surface area contributed by atoms with Crippen molar-refractivity contribution in [1.29, 1.82) is 0 Å². The Morgan fingerprint density at radius 1 is 1.09 bits per heavy atom. The maximum Gasteiger partial charge on any atom is 0.490 e. The van der Waals surface area contributed by atoms with Gasteiger partial charge in [-0.2, -0.15) is 13.2 Å². The van der Waals surface area contributed by atoms with Crippen molar-refractivity contribution < 1.29 is 42.6 Å². The summed E-state index contributed by atoms with van der Waals surface area (Å²) in [4.78, 5) is 45.8. The van der Waals surface area contributed by atoms with E-state index in [9.17, 15) is 27.6 Å². The summed E-state index contributed by atoms with van der Waals surface area (Å²) in [5.41, 5.74) is 0.803. The second kappa shape index (κ2) is 10.0. The first-order valence-electron chi connectivity index (χ1n) is 9.69. The molecule has 9 nitrogen and oxygen atoms in total. The number of rotatable bonds is 5. The van der Waals surface area contributed by atoms with Gasteiger partial charge in [0.2, 0.25) is 5.91 Å². The fourth-order valence-corrected chi connectivity index (χ4v) is 4.44. The number of fused-ring (bicyclic) bond motifs is 2. The van der Waals surface area contributed by atoms with Crippen LogP contribution < -0.4 is 10.6 Å². The molecule has 2 aliphatic heterocycles. The number of thioether (sulfide) groups is 1. The van der Waals surface area contributed by atoms with E-state index in [1.807, 2.05) is 42.5 Å². The van der Waals surface area contributed by atoms with Gasteiger partial charge in [-0.05, 0) is 29.0 Å². The third-order valence-electron chi connectivity index (χ3n) is 4.83. The number of carbonyl (C=O) groups excluding carboxylic acids is 2. The van der Waals surface area contributed by atoms with Crippen LogP contribution in [-0.2, 0) is 19.2 Å². The van der Waals surface area contributed by atoms with Crippen molar-refractivity contribution in [2.24, 2.45) is 0 Å². The summed E-state index contributed by atoms with van der Waals surface area (Å²) >= 11 is 1.43. The number of carboxylic acid groups (broad SMARTS) is 2. The average molecular weight is 497 g/mol. The lowest BCUT2D eigenvalue weighted by Crippen LogP contribution is -2.70. The molecule has 2 aliphatic rings. The molecule has 2 heterocycles. The quantitative estimate of drug-likeness (QED) is 0.462. The number of anilines is 1. The number of hydrogen-bond acceptors (Lipinski definition) is 6. The predicted molar refractivity (Wildman–Crippen MR) is 117 cm³/mol. The van der Waals surface area contributed by atoms with Crippen LogP contribution in [0.15, 0.2) is 54.2 Å². The molecule has 0 bridgehead atoms. The number of amides is 2. The molecule has 1 fully saturated rings. The Morgan fingerprint density at radius 2 is 1.74 bits per heavy atom. The Hall–Kier alpha value is -3.74. The van der Waals surface area contributed by atoms with Gasteiger partial charge in [0, 0.05) is 11.4 Å². The first-order valence-corrected chi connectivity index (χ1v) is 10.7. The van der Waals surface area contributed by atoms with E-state index in [1.165, 1.54) is 22.7 Å². The van der Waals surface area contributed by atoms with Crippen LogP contribution in [0.1, 0.15) is 0 Å². The second-order valence-corrected chi connectivity index (χ2v) is 8.24. The van der Waals surface area contributed by atoms with Crippen molar-refractivity contribution in [3.05, 3.63) is 54.2 Å². The highest BCUT2D eigenvalue weighted by Gasteiger charge is 2.52. The van der Waals surface area contributed by atoms with Gasteiger partial charge in [-0.15, -0.1) is 11.8 Å². The number of β-lactam (4-membered cyclic amide) rings is 1. The lowest BCUT2D eigenvalue weighted by atomic mass is 10.1. The summed E-state index contributed by atoms with van der Waals surface area (Å²) in [5.74, 6) is -4.09. The maximum absolute atomic E-state index is 12.2. The molecule has 0 aromatic heterocycles. The molecule has 4 rings (SSSR count). The molecule has 1 saturated heterocycles. The molecule has 0 saturated carbocycles. The van der Waals surface area contributed by atoms with Gasteiger partial charge in [0.25, 0.3) is 5.91 Å². The Balaban J connectivity index is 0.000000406. The van der Waals surface area contributed by atoms with Crippen molar-refractivity contribution in [2.45, 2.75) is 17.6 Å². The van der Waals surface area contributed by atoms with Crippen molar-refractivity contribution in [3.63, 3.8) is 0 Å². The number of benzene rings is 2. The van der Waals surface area contributed by atoms with Crippen LogP contribution in [0.5, 0.6) is 0 Å². The minimum atomic E-state index is -5.08. The number of halogens is 3. The van der Waals surface area contributed by atoms with E-state index in [0.29, 0.717) is 5.75 Å². The Bertz CT molecular complexity index is 1170. The van der Waals surface area contributed by atoms with E-state index >= 15 is 0 Å². The minimum absolute atomic E-state index is 0.0106. The summed E-state index contributed by atoms with van der Waals surface area (Å²) < 4.78 is 31.7. The number of aliphatic carboxylic acids is 2. The van der Waals surface area contributed by atoms with Gasteiger partial charge in [0.1, 0.15) is 17.1 Å². The van der Waals surface area contributed by atoms with E-state index in [-0.39, 0.29) is 29.4 Å². The highest BCUT2D eigenvalue weighted by Crippen LogP contribution is 2.37. The van der Waals surface area contributed by atoms with Crippen LogP contribution in [0.3, 0.4) is 0 Å². The lowest BCUT2D eigenvalue weighted by Gasteiger charge is -2.48. The summed E-state index contributed by atoms with van der Waals surface area (Å²) in [6.07, 6.45) is -3.57. The minimum Gasteiger partial charge on any atom is -0.477 e. The normalized spacial score (nSPS) is 19.1. The topological polar surface area (TPSA) is 136 Å². The Labute approximate surface area is 194 Å². The Morgan fingerprint density at radius 3 is 2.35 bits per heavy atom. The van der Waals surface area contributed by atoms with Gasteiger partial charge in [0.05, 0.1) is 6.54 Å². The number of hydrogen-bond donors (Lipinski definition) is 4. The Kier molecular flexibility index (Phi) is 7.35. The van der Waals surface area contributed by atoms with Gasteiger partial charge in [0.15, 0.2) is 0 Å². The third kappa shape index (κ3) is 5.60. The number of carboxylic acids is 2. The smallest absolute Gasteiger partial charge is 0.477 e.